The van der Waals surface area contributed by atoms with E-state index < -0.39 is 0 Å². The molecule has 0 aromatic heterocycles. The van der Waals surface area contributed by atoms with Crippen molar-refractivity contribution in [2.24, 2.45) is 5.73 Å². The van der Waals surface area contributed by atoms with Crippen molar-refractivity contribution in [3.8, 4) is 0 Å². The molecule has 0 aliphatic carbocycles. The van der Waals surface area contributed by atoms with Gasteiger partial charge in [0.2, 0.25) is 5.91 Å². The Labute approximate surface area is 91.1 Å². The third-order valence-corrected chi connectivity index (χ3v) is 2.13. The molecule has 1 aromatic rings. The lowest BCUT2D eigenvalue weighted by atomic mass is 10.0. The van der Waals surface area contributed by atoms with Crippen molar-refractivity contribution in [3.63, 3.8) is 0 Å². The van der Waals surface area contributed by atoms with Gasteiger partial charge in [-0.1, -0.05) is 24.3 Å². The number of carbonyl (C=O) groups is 1. The van der Waals surface area contributed by atoms with E-state index >= 15 is 0 Å². The summed E-state index contributed by atoms with van der Waals surface area (Å²) in [5.41, 5.74) is 7.45. The lowest BCUT2D eigenvalue weighted by molar-refractivity contribution is -0.884. The highest BCUT2D eigenvalue weighted by molar-refractivity contribution is 5.76. The van der Waals surface area contributed by atoms with Crippen molar-refractivity contribution in [2.45, 2.75) is 13.0 Å². The zero-order valence-corrected chi connectivity index (χ0v) is 9.66. The van der Waals surface area contributed by atoms with Crippen LogP contribution in [0.2, 0.25) is 0 Å². The second-order valence-corrected chi connectivity index (χ2v) is 4.86. The fourth-order valence-corrected chi connectivity index (χ4v) is 1.58. The molecule has 3 heteroatoms. The Morgan fingerprint density at radius 2 is 1.73 bits per heavy atom. The predicted molar refractivity (Wildman–Crippen MR) is 61.1 cm³/mol. The van der Waals surface area contributed by atoms with Crippen molar-refractivity contribution in [1.82, 2.24) is 0 Å². The first-order valence-corrected chi connectivity index (χ1v) is 5.04. The van der Waals surface area contributed by atoms with E-state index in [4.69, 9.17) is 5.73 Å². The molecule has 0 atom stereocenters. The van der Waals surface area contributed by atoms with Crippen LogP contribution in [0.1, 0.15) is 11.1 Å². The molecule has 0 fully saturated rings. The van der Waals surface area contributed by atoms with Crippen LogP contribution in [0.15, 0.2) is 24.3 Å². The van der Waals surface area contributed by atoms with Crippen LogP contribution in [0.25, 0.3) is 0 Å². The van der Waals surface area contributed by atoms with E-state index in [0.717, 1.165) is 16.6 Å². The minimum absolute atomic E-state index is 0.274. The molecule has 0 unspecified atom stereocenters. The van der Waals surface area contributed by atoms with Crippen molar-refractivity contribution < 1.29 is 9.28 Å². The molecule has 0 bridgehead atoms. The number of amides is 1. The Bertz CT molecular complexity index is 353. The predicted octanol–water partition coefficient (Wildman–Crippen LogP) is 0.921. The fraction of sp³-hybridized carbons (Fsp3) is 0.417. The average molecular weight is 207 g/mol. The molecule has 15 heavy (non-hydrogen) atoms. The monoisotopic (exact) mass is 207 g/mol. The summed E-state index contributed by atoms with van der Waals surface area (Å²) < 4.78 is 0.843. The summed E-state index contributed by atoms with van der Waals surface area (Å²) in [6, 6.07) is 7.96. The van der Waals surface area contributed by atoms with Crippen molar-refractivity contribution >= 4 is 5.91 Å². The summed E-state index contributed by atoms with van der Waals surface area (Å²) in [6.07, 6.45) is 0.330. The van der Waals surface area contributed by atoms with Gasteiger partial charge < -0.3 is 10.2 Å². The maximum Gasteiger partial charge on any atom is 0.221 e. The number of rotatable bonds is 4. The van der Waals surface area contributed by atoms with Crippen LogP contribution >= 0.6 is 0 Å². The standard InChI is InChI=1S/C12H18N2O/c1-14(2,3)9-11-7-5-4-6-10(11)8-12(13)15/h4-7H,8-9H2,1-3H3,(H-,13,15)/p+1. The Hall–Kier alpha value is -1.35. The highest BCUT2D eigenvalue weighted by Gasteiger charge is 2.12. The first-order valence-electron chi connectivity index (χ1n) is 5.04. The summed E-state index contributed by atoms with van der Waals surface area (Å²) in [5.74, 6) is -0.274. The lowest BCUT2D eigenvalue weighted by Crippen LogP contribution is -2.34. The Kier molecular flexibility index (Phi) is 3.48. The highest BCUT2D eigenvalue weighted by atomic mass is 16.1. The fourth-order valence-electron chi connectivity index (χ4n) is 1.58. The minimum atomic E-state index is -0.274. The Balaban J connectivity index is 2.91. The molecular weight excluding hydrogens is 188 g/mol. The lowest BCUT2D eigenvalue weighted by Gasteiger charge is -2.25. The molecule has 1 amide bonds. The SMILES string of the molecule is C[N+](C)(C)Cc1ccccc1CC(N)=O. The topological polar surface area (TPSA) is 43.1 Å². The highest BCUT2D eigenvalue weighted by Crippen LogP contribution is 2.13. The van der Waals surface area contributed by atoms with Crippen LogP contribution in [0.5, 0.6) is 0 Å². The van der Waals surface area contributed by atoms with E-state index in [9.17, 15) is 4.79 Å². The molecular formula is C12H19N2O+. The second-order valence-electron chi connectivity index (χ2n) is 4.86. The Morgan fingerprint density at radius 1 is 1.20 bits per heavy atom. The zero-order chi connectivity index (χ0) is 11.5. The Morgan fingerprint density at radius 3 is 2.20 bits per heavy atom. The number of hydrogen-bond acceptors (Lipinski definition) is 1. The van der Waals surface area contributed by atoms with E-state index in [0.29, 0.717) is 6.42 Å². The largest absolute Gasteiger partial charge is 0.369 e. The number of quaternary nitrogens is 1. The average Bonchev–Trinajstić information content (AvgIpc) is 2.05. The third-order valence-electron chi connectivity index (χ3n) is 2.13. The maximum atomic E-state index is 10.9. The van der Waals surface area contributed by atoms with E-state index in [2.05, 4.69) is 27.2 Å². The third kappa shape index (κ3) is 4.13. The van der Waals surface area contributed by atoms with E-state index in [1.165, 1.54) is 5.56 Å². The molecule has 1 rings (SSSR count). The van der Waals surface area contributed by atoms with Crippen LogP contribution in [0.4, 0.5) is 0 Å². The van der Waals surface area contributed by atoms with E-state index in [-0.39, 0.29) is 5.91 Å². The summed E-state index contributed by atoms with van der Waals surface area (Å²) in [5, 5.41) is 0. The molecule has 0 saturated carbocycles. The van der Waals surface area contributed by atoms with Gasteiger partial charge in [-0.2, -0.15) is 0 Å². The number of primary amides is 1. The van der Waals surface area contributed by atoms with Gasteiger partial charge in [0.25, 0.3) is 0 Å². The van der Waals surface area contributed by atoms with Crippen molar-refractivity contribution in [3.05, 3.63) is 35.4 Å². The molecule has 0 aliphatic rings. The van der Waals surface area contributed by atoms with Crippen LogP contribution < -0.4 is 5.73 Å². The molecule has 0 radical (unpaired) electrons. The minimum Gasteiger partial charge on any atom is -0.369 e. The number of hydrogen-bond donors (Lipinski definition) is 1. The number of nitrogens with zero attached hydrogens (tertiary/aromatic N) is 1. The van der Waals surface area contributed by atoms with Gasteiger partial charge in [0, 0.05) is 5.56 Å². The van der Waals surface area contributed by atoms with Crippen LogP contribution in [-0.4, -0.2) is 31.5 Å². The zero-order valence-electron chi connectivity index (χ0n) is 9.66. The van der Waals surface area contributed by atoms with Crippen LogP contribution in [0, 0.1) is 0 Å². The summed E-state index contributed by atoms with van der Waals surface area (Å²) in [6.45, 7) is 0.906. The smallest absolute Gasteiger partial charge is 0.221 e. The molecule has 0 spiro atoms. The van der Waals surface area contributed by atoms with Crippen LogP contribution in [0.3, 0.4) is 0 Å². The molecule has 0 aliphatic heterocycles. The van der Waals surface area contributed by atoms with Gasteiger partial charge in [-0.25, -0.2) is 0 Å². The molecule has 0 heterocycles. The van der Waals surface area contributed by atoms with Crippen molar-refractivity contribution in [2.75, 3.05) is 21.1 Å². The van der Waals surface area contributed by atoms with Crippen molar-refractivity contribution in [1.29, 1.82) is 0 Å². The van der Waals surface area contributed by atoms with Crippen LogP contribution in [-0.2, 0) is 17.8 Å². The summed E-state index contributed by atoms with van der Waals surface area (Å²) in [7, 11) is 6.38. The molecule has 2 N–H and O–H groups in total. The maximum absolute atomic E-state index is 10.9. The molecule has 1 aromatic carbocycles. The molecule has 0 saturated heterocycles. The normalized spacial score (nSPS) is 11.4. The summed E-state index contributed by atoms with van der Waals surface area (Å²) in [4.78, 5) is 10.9. The summed E-state index contributed by atoms with van der Waals surface area (Å²) >= 11 is 0. The number of nitrogens with two attached hydrogens (primary N) is 1. The van der Waals surface area contributed by atoms with Gasteiger partial charge in [0.05, 0.1) is 27.6 Å². The van der Waals surface area contributed by atoms with E-state index in [1.807, 2.05) is 18.2 Å². The van der Waals surface area contributed by atoms with E-state index in [1.54, 1.807) is 0 Å². The quantitative estimate of drug-likeness (QED) is 0.733. The molecule has 3 nitrogen and oxygen atoms in total. The molecule has 82 valence electrons. The van der Waals surface area contributed by atoms with Gasteiger partial charge in [0.1, 0.15) is 6.54 Å². The number of carbonyl (C=O) groups excluding carboxylic acids is 1. The van der Waals surface area contributed by atoms with Gasteiger partial charge >= 0.3 is 0 Å². The van der Waals surface area contributed by atoms with Gasteiger partial charge in [-0.05, 0) is 5.56 Å². The second kappa shape index (κ2) is 4.45. The number of benzene rings is 1. The first-order chi connectivity index (χ1) is 6.88. The first kappa shape index (κ1) is 11.7. The van der Waals surface area contributed by atoms with Gasteiger partial charge in [-0.15, -0.1) is 0 Å². The van der Waals surface area contributed by atoms with Gasteiger partial charge in [-0.3, -0.25) is 4.79 Å². The van der Waals surface area contributed by atoms with Gasteiger partial charge in [0.15, 0.2) is 0 Å².